The van der Waals surface area contributed by atoms with Gasteiger partial charge in [0.1, 0.15) is 5.60 Å². The Morgan fingerprint density at radius 3 is 2.30 bits per heavy atom. The SMILES string of the molecule is CCCCCC(CCC(=O)OC)NC(=O)OC(C)(C)C. The number of amides is 1. The minimum Gasteiger partial charge on any atom is -0.469 e. The smallest absolute Gasteiger partial charge is 0.407 e. The summed E-state index contributed by atoms with van der Waals surface area (Å²) >= 11 is 0. The van der Waals surface area contributed by atoms with Crippen LogP contribution in [0.2, 0.25) is 0 Å². The van der Waals surface area contributed by atoms with E-state index in [1.165, 1.54) is 7.11 Å². The van der Waals surface area contributed by atoms with E-state index in [1.807, 2.05) is 20.8 Å². The zero-order valence-electron chi connectivity index (χ0n) is 13.5. The lowest BCUT2D eigenvalue weighted by atomic mass is 10.0. The standard InChI is InChI=1S/C15H29NO4/c1-6-7-8-9-12(10-11-13(17)19-5)16-14(18)20-15(2,3)4/h12H,6-11H2,1-5H3,(H,16,18). The van der Waals surface area contributed by atoms with Crippen molar-refractivity contribution in [2.45, 2.75) is 77.9 Å². The van der Waals surface area contributed by atoms with Crippen LogP contribution in [-0.4, -0.2) is 30.8 Å². The molecule has 118 valence electrons. The van der Waals surface area contributed by atoms with E-state index in [-0.39, 0.29) is 12.0 Å². The van der Waals surface area contributed by atoms with Crippen molar-refractivity contribution in [1.82, 2.24) is 5.32 Å². The fraction of sp³-hybridized carbons (Fsp3) is 0.867. The fourth-order valence-corrected chi connectivity index (χ4v) is 1.80. The Labute approximate surface area is 122 Å². The highest BCUT2D eigenvalue weighted by molar-refractivity contribution is 5.70. The highest BCUT2D eigenvalue weighted by Crippen LogP contribution is 2.12. The van der Waals surface area contributed by atoms with E-state index in [2.05, 4.69) is 17.0 Å². The van der Waals surface area contributed by atoms with Crippen LogP contribution in [0.25, 0.3) is 0 Å². The van der Waals surface area contributed by atoms with Gasteiger partial charge >= 0.3 is 12.1 Å². The maximum Gasteiger partial charge on any atom is 0.407 e. The first kappa shape index (κ1) is 18.7. The summed E-state index contributed by atoms with van der Waals surface area (Å²) in [7, 11) is 1.37. The van der Waals surface area contributed by atoms with E-state index < -0.39 is 11.7 Å². The first-order valence-corrected chi connectivity index (χ1v) is 7.34. The Balaban J connectivity index is 4.28. The molecule has 0 aliphatic carbocycles. The minimum atomic E-state index is -0.513. The summed E-state index contributed by atoms with van der Waals surface area (Å²) in [5.41, 5.74) is -0.513. The fourth-order valence-electron chi connectivity index (χ4n) is 1.80. The van der Waals surface area contributed by atoms with E-state index in [4.69, 9.17) is 4.74 Å². The van der Waals surface area contributed by atoms with Crippen LogP contribution in [0.4, 0.5) is 4.79 Å². The van der Waals surface area contributed by atoms with Crippen molar-refractivity contribution in [3.8, 4) is 0 Å². The molecule has 0 aromatic carbocycles. The summed E-state index contributed by atoms with van der Waals surface area (Å²) in [5.74, 6) is -0.253. The Hall–Kier alpha value is -1.26. The van der Waals surface area contributed by atoms with Gasteiger partial charge in [-0.3, -0.25) is 4.79 Å². The van der Waals surface area contributed by atoms with Gasteiger partial charge in [-0.25, -0.2) is 4.79 Å². The van der Waals surface area contributed by atoms with E-state index in [1.54, 1.807) is 0 Å². The molecule has 0 saturated heterocycles. The number of alkyl carbamates (subject to hydrolysis) is 1. The molecular formula is C15H29NO4. The van der Waals surface area contributed by atoms with Gasteiger partial charge in [-0.1, -0.05) is 26.2 Å². The summed E-state index contributed by atoms with van der Waals surface area (Å²) in [5, 5.41) is 2.84. The third-order valence-corrected chi connectivity index (χ3v) is 2.80. The molecule has 5 nitrogen and oxygen atoms in total. The van der Waals surface area contributed by atoms with Crippen molar-refractivity contribution >= 4 is 12.1 Å². The van der Waals surface area contributed by atoms with Crippen molar-refractivity contribution < 1.29 is 19.1 Å². The van der Waals surface area contributed by atoms with Crippen LogP contribution in [-0.2, 0) is 14.3 Å². The maximum atomic E-state index is 11.8. The molecular weight excluding hydrogens is 258 g/mol. The van der Waals surface area contributed by atoms with Gasteiger partial charge in [-0.2, -0.15) is 0 Å². The molecule has 0 heterocycles. The van der Waals surface area contributed by atoms with Gasteiger partial charge in [0.15, 0.2) is 0 Å². The second-order valence-electron chi connectivity index (χ2n) is 5.95. The molecule has 0 bridgehead atoms. The predicted molar refractivity (Wildman–Crippen MR) is 78.5 cm³/mol. The number of carbonyl (C=O) groups is 2. The Kier molecular flexibility index (Phi) is 9.01. The van der Waals surface area contributed by atoms with Gasteiger partial charge in [0, 0.05) is 12.5 Å². The summed E-state index contributed by atoms with van der Waals surface area (Å²) in [6.07, 6.45) is 4.57. The molecule has 20 heavy (non-hydrogen) atoms. The number of ether oxygens (including phenoxy) is 2. The molecule has 0 radical (unpaired) electrons. The number of esters is 1. The van der Waals surface area contributed by atoms with E-state index in [0.717, 1.165) is 25.7 Å². The van der Waals surface area contributed by atoms with E-state index >= 15 is 0 Å². The molecule has 0 aliphatic heterocycles. The highest BCUT2D eigenvalue weighted by atomic mass is 16.6. The van der Waals surface area contributed by atoms with Gasteiger partial charge in [-0.15, -0.1) is 0 Å². The quantitative estimate of drug-likeness (QED) is 0.549. The average molecular weight is 287 g/mol. The minimum absolute atomic E-state index is 0.0458. The molecule has 0 fully saturated rings. The van der Waals surface area contributed by atoms with Crippen LogP contribution in [0.3, 0.4) is 0 Å². The number of nitrogens with one attached hydrogen (secondary N) is 1. The van der Waals surface area contributed by atoms with Crippen LogP contribution in [0.15, 0.2) is 0 Å². The van der Waals surface area contributed by atoms with Gasteiger partial charge in [0.25, 0.3) is 0 Å². The highest BCUT2D eigenvalue weighted by Gasteiger charge is 2.20. The van der Waals surface area contributed by atoms with Crippen LogP contribution in [0.5, 0.6) is 0 Å². The number of carbonyl (C=O) groups excluding carboxylic acids is 2. The van der Waals surface area contributed by atoms with Crippen molar-refractivity contribution in [1.29, 1.82) is 0 Å². The zero-order chi connectivity index (χ0) is 15.6. The number of rotatable bonds is 8. The third-order valence-electron chi connectivity index (χ3n) is 2.80. The molecule has 1 amide bonds. The van der Waals surface area contributed by atoms with Gasteiger partial charge in [-0.05, 0) is 33.6 Å². The van der Waals surface area contributed by atoms with E-state index in [0.29, 0.717) is 12.8 Å². The molecule has 0 aliphatic rings. The lowest BCUT2D eigenvalue weighted by molar-refractivity contribution is -0.140. The topological polar surface area (TPSA) is 64.6 Å². The molecule has 0 rings (SSSR count). The number of hydrogen-bond acceptors (Lipinski definition) is 4. The lowest BCUT2D eigenvalue weighted by Crippen LogP contribution is -2.39. The van der Waals surface area contributed by atoms with Gasteiger partial charge in [0.2, 0.25) is 0 Å². The van der Waals surface area contributed by atoms with Crippen molar-refractivity contribution in [2.24, 2.45) is 0 Å². The Bertz CT molecular complexity index is 297. The predicted octanol–water partition coefficient (Wildman–Crippen LogP) is 3.41. The summed E-state index contributed by atoms with van der Waals surface area (Å²) in [4.78, 5) is 23.0. The monoisotopic (exact) mass is 287 g/mol. The summed E-state index contributed by atoms with van der Waals surface area (Å²) in [6.45, 7) is 7.61. The molecule has 0 aromatic rings. The second-order valence-corrected chi connectivity index (χ2v) is 5.95. The van der Waals surface area contributed by atoms with Crippen molar-refractivity contribution in [2.75, 3.05) is 7.11 Å². The molecule has 1 N–H and O–H groups in total. The van der Waals surface area contributed by atoms with Gasteiger partial charge in [0.05, 0.1) is 7.11 Å². The zero-order valence-corrected chi connectivity index (χ0v) is 13.5. The van der Waals surface area contributed by atoms with Crippen LogP contribution >= 0.6 is 0 Å². The number of hydrogen-bond donors (Lipinski definition) is 1. The molecule has 1 atom stereocenters. The normalized spacial score (nSPS) is 12.7. The molecule has 0 aromatic heterocycles. The first-order chi connectivity index (χ1) is 9.28. The van der Waals surface area contributed by atoms with Crippen LogP contribution < -0.4 is 5.32 Å². The number of unbranched alkanes of at least 4 members (excludes halogenated alkanes) is 2. The maximum absolute atomic E-state index is 11.8. The molecule has 0 spiro atoms. The molecule has 1 unspecified atom stereocenters. The summed E-state index contributed by atoms with van der Waals surface area (Å²) in [6, 6.07) is -0.0458. The Morgan fingerprint density at radius 2 is 1.80 bits per heavy atom. The van der Waals surface area contributed by atoms with Gasteiger partial charge < -0.3 is 14.8 Å². The van der Waals surface area contributed by atoms with E-state index in [9.17, 15) is 9.59 Å². The molecule has 5 heteroatoms. The summed E-state index contributed by atoms with van der Waals surface area (Å²) < 4.78 is 9.87. The number of methoxy groups -OCH3 is 1. The van der Waals surface area contributed by atoms with Crippen LogP contribution in [0.1, 0.15) is 66.2 Å². The Morgan fingerprint density at radius 1 is 1.15 bits per heavy atom. The lowest BCUT2D eigenvalue weighted by Gasteiger charge is -2.23. The average Bonchev–Trinajstić information content (AvgIpc) is 2.33. The molecule has 0 saturated carbocycles. The van der Waals surface area contributed by atoms with Crippen LogP contribution in [0, 0.1) is 0 Å². The second kappa shape index (κ2) is 9.61. The van der Waals surface area contributed by atoms with Crippen molar-refractivity contribution in [3.63, 3.8) is 0 Å². The third kappa shape index (κ3) is 10.6. The largest absolute Gasteiger partial charge is 0.469 e. The first-order valence-electron chi connectivity index (χ1n) is 7.34. The van der Waals surface area contributed by atoms with Crippen molar-refractivity contribution in [3.05, 3.63) is 0 Å².